The zero-order valence-corrected chi connectivity index (χ0v) is 12.2. The van der Waals surface area contributed by atoms with E-state index in [-0.39, 0.29) is 0 Å². The van der Waals surface area contributed by atoms with Crippen LogP contribution in [0.1, 0.15) is 26.7 Å². The van der Waals surface area contributed by atoms with Crippen molar-refractivity contribution < 1.29 is 8.42 Å². The molecule has 2 rings (SSSR count). The minimum absolute atomic E-state index is 0.509. The molecule has 0 bridgehead atoms. The summed E-state index contributed by atoms with van der Waals surface area (Å²) >= 11 is 0. The summed E-state index contributed by atoms with van der Waals surface area (Å²) in [5.41, 5.74) is 0. The number of nitrogens with zero attached hydrogens (tertiary/aromatic N) is 1. The summed E-state index contributed by atoms with van der Waals surface area (Å²) in [6.07, 6.45) is 2.17. The van der Waals surface area contributed by atoms with E-state index in [0.29, 0.717) is 25.6 Å². The lowest BCUT2D eigenvalue weighted by atomic mass is 9.98. The zero-order valence-electron chi connectivity index (χ0n) is 11.4. The van der Waals surface area contributed by atoms with Gasteiger partial charge < -0.3 is 10.6 Å². The Kier molecular flexibility index (Phi) is 4.31. The third kappa shape index (κ3) is 2.87. The van der Waals surface area contributed by atoms with Gasteiger partial charge in [0.05, 0.1) is 4.75 Å². The summed E-state index contributed by atoms with van der Waals surface area (Å²) in [5, 5.41) is 6.55. The maximum Gasteiger partial charge on any atom is 0.220 e. The van der Waals surface area contributed by atoms with E-state index in [4.69, 9.17) is 0 Å². The molecule has 18 heavy (non-hydrogen) atoms. The Morgan fingerprint density at radius 3 is 2.50 bits per heavy atom. The molecule has 0 unspecified atom stereocenters. The van der Waals surface area contributed by atoms with E-state index in [9.17, 15) is 8.42 Å². The first kappa shape index (κ1) is 14.2. The second-order valence-corrected chi connectivity index (χ2v) is 8.56. The highest BCUT2D eigenvalue weighted by atomic mass is 32.2. The van der Waals surface area contributed by atoms with Crippen molar-refractivity contribution in [2.75, 3.05) is 39.3 Å². The second-order valence-electron chi connectivity index (χ2n) is 5.99. The fourth-order valence-corrected chi connectivity index (χ4v) is 4.42. The van der Waals surface area contributed by atoms with Crippen LogP contribution in [0.2, 0.25) is 0 Å². The average Bonchev–Trinajstić information content (AvgIpc) is 2.42. The fourth-order valence-electron chi connectivity index (χ4n) is 2.70. The molecule has 0 atom stereocenters. The van der Waals surface area contributed by atoms with Gasteiger partial charge in [-0.2, -0.15) is 4.31 Å². The topological polar surface area (TPSA) is 61.4 Å². The molecule has 0 aromatic heterocycles. The Bertz CT molecular complexity index is 375. The molecular formula is C12H25N3O2S. The Hall–Kier alpha value is -0.170. The van der Waals surface area contributed by atoms with Crippen LogP contribution in [-0.4, -0.2) is 56.7 Å². The Morgan fingerprint density at radius 2 is 1.83 bits per heavy atom. The standard InChI is InChI=1S/C12H25N3O2S/c1-12(2)10-14-7-8-15(18(12,16)17)9-11-3-5-13-6-4-11/h11,13-14H,3-10H2,1-2H3. The minimum atomic E-state index is -3.19. The van der Waals surface area contributed by atoms with Gasteiger partial charge in [-0.15, -0.1) is 0 Å². The molecule has 2 saturated heterocycles. The molecule has 106 valence electrons. The lowest BCUT2D eigenvalue weighted by Gasteiger charge is -2.33. The Balaban J connectivity index is 2.09. The molecule has 2 heterocycles. The molecule has 0 aromatic carbocycles. The molecule has 0 radical (unpaired) electrons. The van der Waals surface area contributed by atoms with E-state index in [0.717, 1.165) is 32.5 Å². The van der Waals surface area contributed by atoms with Crippen LogP contribution in [0, 0.1) is 5.92 Å². The van der Waals surface area contributed by atoms with Gasteiger partial charge in [0.2, 0.25) is 10.0 Å². The lowest BCUT2D eigenvalue weighted by Crippen LogP contribution is -2.48. The van der Waals surface area contributed by atoms with E-state index >= 15 is 0 Å². The normalized spacial score (nSPS) is 29.9. The Morgan fingerprint density at radius 1 is 1.17 bits per heavy atom. The molecule has 0 spiro atoms. The molecule has 0 aliphatic carbocycles. The van der Waals surface area contributed by atoms with E-state index < -0.39 is 14.8 Å². The van der Waals surface area contributed by atoms with Crippen LogP contribution in [0.3, 0.4) is 0 Å². The van der Waals surface area contributed by atoms with Gasteiger partial charge in [-0.05, 0) is 45.7 Å². The number of rotatable bonds is 2. The second kappa shape index (κ2) is 5.45. The van der Waals surface area contributed by atoms with Gasteiger partial charge >= 0.3 is 0 Å². The molecule has 0 aromatic rings. The van der Waals surface area contributed by atoms with Gasteiger partial charge in [0.1, 0.15) is 0 Å². The third-order valence-corrected chi connectivity index (χ3v) is 6.60. The fraction of sp³-hybridized carbons (Fsp3) is 1.00. The van der Waals surface area contributed by atoms with Gasteiger partial charge in [0.15, 0.2) is 0 Å². The molecule has 2 fully saturated rings. The van der Waals surface area contributed by atoms with Crippen LogP contribution in [0.25, 0.3) is 0 Å². The predicted molar refractivity (Wildman–Crippen MR) is 73.0 cm³/mol. The van der Waals surface area contributed by atoms with E-state index in [1.807, 2.05) is 13.8 Å². The number of nitrogens with one attached hydrogen (secondary N) is 2. The summed E-state index contributed by atoms with van der Waals surface area (Å²) in [7, 11) is -3.19. The van der Waals surface area contributed by atoms with Crippen molar-refractivity contribution in [3.63, 3.8) is 0 Å². The number of hydrogen-bond donors (Lipinski definition) is 2. The van der Waals surface area contributed by atoms with Gasteiger partial charge in [-0.1, -0.05) is 0 Å². The van der Waals surface area contributed by atoms with Crippen LogP contribution in [-0.2, 0) is 10.0 Å². The average molecular weight is 275 g/mol. The molecule has 2 aliphatic heterocycles. The van der Waals surface area contributed by atoms with Crippen molar-refractivity contribution in [3.8, 4) is 0 Å². The summed E-state index contributed by atoms with van der Waals surface area (Å²) in [4.78, 5) is 0. The van der Waals surface area contributed by atoms with Crippen LogP contribution < -0.4 is 10.6 Å². The maximum absolute atomic E-state index is 12.6. The van der Waals surface area contributed by atoms with Crippen molar-refractivity contribution in [3.05, 3.63) is 0 Å². The van der Waals surface area contributed by atoms with Gasteiger partial charge in [-0.3, -0.25) is 0 Å². The summed E-state index contributed by atoms with van der Waals surface area (Å²) < 4.78 is 26.2. The quantitative estimate of drug-likeness (QED) is 0.745. The first-order chi connectivity index (χ1) is 8.43. The van der Waals surface area contributed by atoms with Crippen molar-refractivity contribution in [2.45, 2.75) is 31.4 Å². The monoisotopic (exact) mass is 275 g/mol. The summed E-state index contributed by atoms with van der Waals surface area (Å²) in [5.74, 6) is 0.509. The van der Waals surface area contributed by atoms with E-state index in [1.165, 1.54) is 0 Å². The van der Waals surface area contributed by atoms with Crippen molar-refractivity contribution in [1.29, 1.82) is 0 Å². The molecule has 0 saturated carbocycles. The van der Waals surface area contributed by atoms with E-state index in [1.54, 1.807) is 4.31 Å². The highest BCUT2D eigenvalue weighted by molar-refractivity contribution is 7.90. The largest absolute Gasteiger partial charge is 0.317 e. The molecule has 5 nitrogen and oxygen atoms in total. The summed E-state index contributed by atoms with van der Waals surface area (Å²) in [6, 6.07) is 0. The van der Waals surface area contributed by atoms with Crippen molar-refractivity contribution in [1.82, 2.24) is 14.9 Å². The maximum atomic E-state index is 12.6. The SMILES string of the molecule is CC1(C)CNCCN(CC2CCNCC2)S1(=O)=O. The summed E-state index contributed by atoms with van der Waals surface area (Å²) in [6.45, 7) is 8.25. The van der Waals surface area contributed by atoms with Gasteiger partial charge in [0.25, 0.3) is 0 Å². The van der Waals surface area contributed by atoms with Gasteiger partial charge in [-0.25, -0.2) is 8.42 Å². The third-order valence-electron chi connectivity index (χ3n) is 4.05. The lowest BCUT2D eigenvalue weighted by molar-refractivity contribution is 0.289. The van der Waals surface area contributed by atoms with Crippen molar-refractivity contribution in [2.24, 2.45) is 5.92 Å². The number of sulfonamides is 1. The van der Waals surface area contributed by atoms with Crippen LogP contribution in [0.15, 0.2) is 0 Å². The zero-order chi connectivity index (χ0) is 13.2. The molecule has 2 N–H and O–H groups in total. The minimum Gasteiger partial charge on any atom is -0.317 e. The van der Waals surface area contributed by atoms with Crippen LogP contribution >= 0.6 is 0 Å². The van der Waals surface area contributed by atoms with E-state index in [2.05, 4.69) is 10.6 Å². The number of hydrogen-bond acceptors (Lipinski definition) is 4. The number of piperidine rings is 1. The first-order valence-electron chi connectivity index (χ1n) is 6.84. The smallest absolute Gasteiger partial charge is 0.220 e. The molecule has 6 heteroatoms. The van der Waals surface area contributed by atoms with Gasteiger partial charge in [0, 0.05) is 26.2 Å². The predicted octanol–water partition coefficient (Wildman–Crippen LogP) is -0.000400. The highest BCUT2D eigenvalue weighted by Gasteiger charge is 2.41. The van der Waals surface area contributed by atoms with Crippen molar-refractivity contribution >= 4 is 10.0 Å². The molecule has 2 aliphatic rings. The first-order valence-corrected chi connectivity index (χ1v) is 8.29. The highest BCUT2D eigenvalue weighted by Crippen LogP contribution is 2.24. The molecular weight excluding hydrogens is 250 g/mol. The van der Waals surface area contributed by atoms with Crippen LogP contribution in [0.5, 0.6) is 0 Å². The Labute approximate surface area is 110 Å². The van der Waals surface area contributed by atoms with Crippen LogP contribution in [0.4, 0.5) is 0 Å². The molecule has 0 amide bonds.